The van der Waals surface area contributed by atoms with Crippen LogP contribution in [0.5, 0.6) is 0 Å². The highest BCUT2D eigenvalue weighted by atomic mass is 16.2. The highest BCUT2D eigenvalue weighted by Crippen LogP contribution is 2.21. The Morgan fingerprint density at radius 1 is 1.38 bits per heavy atom. The molecular formula is C17H22N2O2. The van der Waals surface area contributed by atoms with E-state index in [9.17, 15) is 9.59 Å². The Balaban J connectivity index is 1.96. The van der Waals surface area contributed by atoms with Crippen LogP contribution in [0.1, 0.15) is 38.7 Å². The van der Waals surface area contributed by atoms with Gasteiger partial charge in [0.1, 0.15) is 0 Å². The summed E-state index contributed by atoms with van der Waals surface area (Å²) in [6, 6.07) is 7.89. The number of rotatable bonds is 5. The minimum Gasteiger partial charge on any atom is -0.350 e. The third-order valence-corrected chi connectivity index (χ3v) is 3.71. The fraction of sp³-hybridized carbons (Fsp3) is 0.412. The van der Waals surface area contributed by atoms with E-state index in [1.807, 2.05) is 43.0 Å². The van der Waals surface area contributed by atoms with Gasteiger partial charge in [-0.05, 0) is 43.5 Å². The maximum Gasteiger partial charge on any atom is 0.244 e. The molecule has 1 aliphatic rings. The summed E-state index contributed by atoms with van der Waals surface area (Å²) in [5.74, 6) is 0.106. The first-order valence-electron chi connectivity index (χ1n) is 7.49. The van der Waals surface area contributed by atoms with Gasteiger partial charge in [-0.3, -0.25) is 9.59 Å². The third kappa shape index (κ3) is 4.18. The number of nitrogens with one attached hydrogen (secondary N) is 1. The molecule has 0 spiro atoms. The first kappa shape index (κ1) is 15.3. The monoisotopic (exact) mass is 286 g/mol. The molecule has 1 saturated heterocycles. The quantitative estimate of drug-likeness (QED) is 0.846. The van der Waals surface area contributed by atoms with Gasteiger partial charge in [0.05, 0.1) is 0 Å². The summed E-state index contributed by atoms with van der Waals surface area (Å²) in [5.41, 5.74) is 1.88. The van der Waals surface area contributed by atoms with Crippen LogP contribution in [0.3, 0.4) is 0 Å². The summed E-state index contributed by atoms with van der Waals surface area (Å²) in [7, 11) is 0. The topological polar surface area (TPSA) is 49.4 Å². The van der Waals surface area contributed by atoms with Crippen molar-refractivity contribution in [2.45, 2.75) is 39.2 Å². The van der Waals surface area contributed by atoms with E-state index in [2.05, 4.69) is 5.32 Å². The van der Waals surface area contributed by atoms with E-state index in [0.29, 0.717) is 6.42 Å². The minimum atomic E-state index is -0.0804. The van der Waals surface area contributed by atoms with Crippen LogP contribution < -0.4 is 10.2 Å². The zero-order valence-electron chi connectivity index (χ0n) is 12.6. The molecule has 1 aromatic rings. The van der Waals surface area contributed by atoms with Crippen molar-refractivity contribution in [3.8, 4) is 0 Å². The minimum absolute atomic E-state index is 0.0804. The second-order valence-corrected chi connectivity index (χ2v) is 5.39. The van der Waals surface area contributed by atoms with Gasteiger partial charge in [0.25, 0.3) is 0 Å². The molecule has 0 saturated carbocycles. The lowest BCUT2D eigenvalue weighted by atomic mass is 10.2. The average molecular weight is 286 g/mol. The predicted octanol–water partition coefficient (Wildman–Crippen LogP) is 2.74. The first-order valence-corrected chi connectivity index (χ1v) is 7.49. The van der Waals surface area contributed by atoms with Crippen LogP contribution >= 0.6 is 0 Å². The molecule has 0 aliphatic carbocycles. The third-order valence-electron chi connectivity index (χ3n) is 3.71. The second-order valence-electron chi connectivity index (χ2n) is 5.39. The van der Waals surface area contributed by atoms with E-state index in [1.54, 1.807) is 12.2 Å². The summed E-state index contributed by atoms with van der Waals surface area (Å²) in [5, 5.41) is 2.88. The van der Waals surface area contributed by atoms with Crippen molar-refractivity contribution in [3.05, 3.63) is 35.9 Å². The molecule has 0 bridgehead atoms. The predicted molar refractivity (Wildman–Crippen MR) is 85.0 cm³/mol. The molecule has 112 valence electrons. The number of carbonyl (C=O) groups excluding carboxylic acids is 2. The maximum absolute atomic E-state index is 11.7. The molecule has 1 N–H and O–H groups in total. The standard InChI is InChI=1S/C17H22N2O2/c1-3-13(2)18-16(20)11-8-14-6-9-15(10-7-14)19-12-4-5-17(19)21/h6-11,13H,3-5,12H2,1-2H3,(H,18,20)/b11-8+. The Bertz CT molecular complexity index is 534. The van der Waals surface area contributed by atoms with E-state index >= 15 is 0 Å². The summed E-state index contributed by atoms with van der Waals surface area (Å²) < 4.78 is 0. The lowest BCUT2D eigenvalue weighted by molar-refractivity contribution is -0.117. The van der Waals surface area contributed by atoms with Gasteiger partial charge < -0.3 is 10.2 Å². The van der Waals surface area contributed by atoms with Crippen molar-refractivity contribution in [1.29, 1.82) is 0 Å². The van der Waals surface area contributed by atoms with Crippen molar-refractivity contribution < 1.29 is 9.59 Å². The van der Waals surface area contributed by atoms with Crippen LogP contribution in [0.15, 0.2) is 30.3 Å². The fourth-order valence-corrected chi connectivity index (χ4v) is 2.25. The van der Waals surface area contributed by atoms with Gasteiger partial charge in [0.15, 0.2) is 0 Å². The van der Waals surface area contributed by atoms with Crippen molar-refractivity contribution in [2.75, 3.05) is 11.4 Å². The molecule has 0 aromatic heterocycles. The Kier molecular flexibility index (Phi) is 5.14. The smallest absolute Gasteiger partial charge is 0.244 e. The van der Waals surface area contributed by atoms with Gasteiger partial charge in [-0.2, -0.15) is 0 Å². The van der Waals surface area contributed by atoms with Gasteiger partial charge in [-0.25, -0.2) is 0 Å². The zero-order chi connectivity index (χ0) is 15.2. The number of nitrogens with zero attached hydrogens (tertiary/aromatic N) is 1. The molecule has 4 nitrogen and oxygen atoms in total. The van der Waals surface area contributed by atoms with Crippen molar-refractivity contribution in [1.82, 2.24) is 5.32 Å². The molecule has 1 unspecified atom stereocenters. The summed E-state index contributed by atoms with van der Waals surface area (Å²) in [4.78, 5) is 25.1. The molecule has 1 aliphatic heterocycles. The SMILES string of the molecule is CCC(C)NC(=O)/C=C/c1ccc(N2CCCC2=O)cc1. The summed E-state index contributed by atoms with van der Waals surface area (Å²) in [6.07, 6.45) is 5.81. The Hall–Kier alpha value is -2.10. The molecule has 21 heavy (non-hydrogen) atoms. The van der Waals surface area contributed by atoms with Crippen LogP contribution in [-0.2, 0) is 9.59 Å². The number of carbonyl (C=O) groups is 2. The van der Waals surface area contributed by atoms with E-state index < -0.39 is 0 Å². The lowest BCUT2D eigenvalue weighted by Crippen LogP contribution is -2.30. The molecule has 1 fully saturated rings. The van der Waals surface area contributed by atoms with Gasteiger partial charge in [-0.15, -0.1) is 0 Å². The average Bonchev–Trinajstić information content (AvgIpc) is 2.91. The van der Waals surface area contributed by atoms with Gasteiger partial charge >= 0.3 is 0 Å². The highest BCUT2D eigenvalue weighted by Gasteiger charge is 2.21. The largest absolute Gasteiger partial charge is 0.350 e. The van der Waals surface area contributed by atoms with Crippen LogP contribution in [-0.4, -0.2) is 24.4 Å². The van der Waals surface area contributed by atoms with Gasteiger partial charge in [0.2, 0.25) is 11.8 Å². The molecule has 2 amide bonds. The van der Waals surface area contributed by atoms with Crippen LogP contribution in [0.4, 0.5) is 5.69 Å². The molecule has 1 aromatic carbocycles. The lowest BCUT2D eigenvalue weighted by Gasteiger charge is -2.15. The molecular weight excluding hydrogens is 264 g/mol. The number of benzene rings is 1. The normalized spacial score (nSPS) is 16.5. The highest BCUT2D eigenvalue weighted by molar-refractivity contribution is 5.95. The van der Waals surface area contributed by atoms with Crippen molar-refractivity contribution in [2.24, 2.45) is 0 Å². The number of hydrogen-bond acceptors (Lipinski definition) is 2. The Labute approximate surface area is 125 Å². The molecule has 4 heteroatoms. The van der Waals surface area contributed by atoms with Crippen LogP contribution in [0.25, 0.3) is 6.08 Å². The molecule has 1 heterocycles. The number of amides is 2. The van der Waals surface area contributed by atoms with Crippen LogP contribution in [0.2, 0.25) is 0 Å². The summed E-state index contributed by atoms with van der Waals surface area (Å²) >= 11 is 0. The molecule has 1 atom stereocenters. The van der Waals surface area contributed by atoms with Crippen molar-refractivity contribution >= 4 is 23.6 Å². The van der Waals surface area contributed by atoms with E-state index in [0.717, 1.165) is 30.6 Å². The Morgan fingerprint density at radius 3 is 2.67 bits per heavy atom. The fourth-order valence-electron chi connectivity index (χ4n) is 2.25. The van der Waals surface area contributed by atoms with E-state index in [-0.39, 0.29) is 17.9 Å². The number of anilines is 1. The van der Waals surface area contributed by atoms with E-state index in [4.69, 9.17) is 0 Å². The van der Waals surface area contributed by atoms with Gasteiger partial charge in [0, 0.05) is 30.8 Å². The number of hydrogen-bond donors (Lipinski definition) is 1. The maximum atomic E-state index is 11.7. The first-order chi connectivity index (χ1) is 10.1. The van der Waals surface area contributed by atoms with Crippen molar-refractivity contribution in [3.63, 3.8) is 0 Å². The molecule has 0 radical (unpaired) electrons. The van der Waals surface area contributed by atoms with Crippen LogP contribution in [0, 0.1) is 0 Å². The second kappa shape index (κ2) is 7.07. The summed E-state index contributed by atoms with van der Waals surface area (Å²) in [6.45, 7) is 4.81. The van der Waals surface area contributed by atoms with E-state index in [1.165, 1.54) is 0 Å². The zero-order valence-corrected chi connectivity index (χ0v) is 12.6. The molecule has 2 rings (SSSR count). The Morgan fingerprint density at radius 2 is 2.10 bits per heavy atom. The van der Waals surface area contributed by atoms with Gasteiger partial charge in [-0.1, -0.05) is 19.1 Å².